The van der Waals surface area contributed by atoms with Gasteiger partial charge in [-0.25, -0.2) is 14.4 Å². The molecule has 0 saturated carbocycles. The van der Waals surface area contributed by atoms with Crippen LogP contribution in [0.15, 0.2) is 18.5 Å². The number of nitrogens with one attached hydrogen (secondary N) is 1. The summed E-state index contributed by atoms with van der Waals surface area (Å²) >= 11 is 1.35. The molecule has 11 heteroatoms. The van der Waals surface area contributed by atoms with E-state index in [0.717, 1.165) is 11.2 Å². The van der Waals surface area contributed by atoms with Crippen LogP contribution in [-0.2, 0) is 4.79 Å². The van der Waals surface area contributed by atoms with Crippen LogP contribution in [0.4, 0.5) is 10.3 Å². The molecule has 1 aliphatic heterocycles. The van der Waals surface area contributed by atoms with Crippen molar-refractivity contribution in [3.8, 4) is 0 Å². The van der Waals surface area contributed by atoms with Crippen molar-refractivity contribution >= 4 is 39.4 Å². The number of fused-ring (bicyclic) bond motifs is 1. The summed E-state index contributed by atoms with van der Waals surface area (Å²) in [5, 5.41) is 3.87. The first kappa shape index (κ1) is 21.0. The van der Waals surface area contributed by atoms with Gasteiger partial charge in [-0.15, -0.1) is 11.3 Å². The van der Waals surface area contributed by atoms with Crippen LogP contribution in [0.5, 0.6) is 0 Å². The highest BCUT2D eigenvalue weighted by atomic mass is 32.1. The molecule has 0 unspecified atom stereocenters. The number of amides is 2. The van der Waals surface area contributed by atoms with E-state index in [1.807, 2.05) is 13.8 Å². The number of aromatic nitrogens is 4. The van der Waals surface area contributed by atoms with Crippen molar-refractivity contribution in [1.82, 2.24) is 29.7 Å². The predicted octanol–water partition coefficient (Wildman–Crippen LogP) is 2.26. The lowest BCUT2D eigenvalue weighted by atomic mass is 9.98. The average molecular weight is 444 g/mol. The fourth-order valence-electron chi connectivity index (χ4n) is 3.40. The normalized spacial score (nSPS) is 14.9. The summed E-state index contributed by atoms with van der Waals surface area (Å²) in [4.78, 5) is 45.5. The van der Waals surface area contributed by atoms with Gasteiger partial charge < -0.3 is 15.1 Å². The molecular weight excluding hydrogens is 421 g/mol. The predicted molar refractivity (Wildman–Crippen MR) is 114 cm³/mol. The molecule has 0 aromatic carbocycles. The monoisotopic (exact) mass is 443 g/mol. The number of pyridine rings is 1. The third-order valence-corrected chi connectivity index (χ3v) is 6.06. The Kier molecular flexibility index (Phi) is 5.52. The van der Waals surface area contributed by atoms with Gasteiger partial charge in [0.05, 0.1) is 23.2 Å². The van der Waals surface area contributed by atoms with Crippen molar-refractivity contribution in [2.24, 2.45) is 5.92 Å². The summed E-state index contributed by atoms with van der Waals surface area (Å²) < 4.78 is 14.1. The third kappa shape index (κ3) is 4.18. The minimum absolute atomic E-state index is 0.00500. The molecule has 3 aromatic heterocycles. The van der Waals surface area contributed by atoms with Gasteiger partial charge in [0.25, 0.3) is 5.91 Å². The fraction of sp³-hybridized carbons (Fsp3) is 0.400. The molecule has 1 atom stereocenters. The first-order chi connectivity index (χ1) is 14.7. The van der Waals surface area contributed by atoms with Crippen molar-refractivity contribution in [2.45, 2.75) is 19.9 Å². The van der Waals surface area contributed by atoms with E-state index >= 15 is 0 Å². The number of aryl methyl sites for hydroxylation is 1. The van der Waals surface area contributed by atoms with Gasteiger partial charge in [0.15, 0.2) is 11.3 Å². The van der Waals surface area contributed by atoms with Crippen molar-refractivity contribution < 1.29 is 14.0 Å². The van der Waals surface area contributed by atoms with Crippen LogP contribution in [0.3, 0.4) is 0 Å². The van der Waals surface area contributed by atoms with Crippen LogP contribution < -0.4 is 5.32 Å². The summed E-state index contributed by atoms with van der Waals surface area (Å²) in [6.45, 7) is 4.37. The molecule has 9 nitrogen and oxygen atoms in total. The summed E-state index contributed by atoms with van der Waals surface area (Å²) in [6.07, 6.45) is 2.69. The van der Waals surface area contributed by atoms with Gasteiger partial charge in [0.1, 0.15) is 10.5 Å². The van der Waals surface area contributed by atoms with E-state index < -0.39 is 5.82 Å². The molecule has 1 N–H and O–H groups in total. The Bertz CT molecular complexity index is 1160. The second-order valence-electron chi connectivity index (χ2n) is 7.72. The highest BCUT2D eigenvalue weighted by molar-refractivity contribution is 7.18. The number of rotatable bonds is 5. The molecule has 4 heterocycles. The molecule has 1 aliphatic rings. The summed E-state index contributed by atoms with van der Waals surface area (Å²) in [5.74, 6) is -0.669. The maximum Gasteiger partial charge on any atom is 0.274 e. The van der Waals surface area contributed by atoms with Gasteiger partial charge in [-0.3, -0.25) is 14.6 Å². The number of nitrogens with zero attached hydrogens (tertiary/aromatic N) is 6. The van der Waals surface area contributed by atoms with E-state index in [1.165, 1.54) is 22.3 Å². The number of hydrogen-bond acceptors (Lipinski definition) is 8. The zero-order chi connectivity index (χ0) is 22.3. The number of hydrogen-bond donors (Lipinski definition) is 1. The van der Waals surface area contributed by atoms with Crippen molar-refractivity contribution in [3.05, 3.63) is 40.5 Å². The van der Waals surface area contributed by atoms with E-state index in [2.05, 4.69) is 25.3 Å². The Labute approximate surface area is 182 Å². The number of likely N-dealkylation sites (tertiary alicyclic amines) is 1. The zero-order valence-corrected chi connectivity index (χ0v) is 18.4. The second kappa shape index (κ2) is 8.14. The third-order valence-electron chi connectivity index (χ3n) is 5.09. The lowest BCUT2D eigenvalue weighted by Crippen LogP contribution is -2.55. The van der Waals surface area contributed by atoms with Crippen LogP contribution in [0.25, 0.3) is 10.3 Å². The summed E-state index contributed by atoms with van der Waals surface area (Å²) in [7, 11) is 3.40. The van der Waals surface area contributed by atoms with E-state index in [0.29, 0.717) is 29.0 Å². The van der Waals surface area contributed by atoms with E-state index in [4.69, 9.17) is 0 Å². The topological polar surface area (TPSA) is 104 Å². The van der Waals surface area contributed by atoms with Gasteiger partial charge >= 0.3 is 0 Å². The van der Waals surface area contributed by atoms with E-state index in [9.17, 15) is 14.0 Å². The summed E-state index contributed by atoms with van der Waals surface area (Å²) in [6, 6.07) is 1.04. The Balaban J connectivity index is 1.60. The molecule has 3 aromatic rings. The zero-order valence-electron chi connectivity index (χ0n) is 17.6. The second-order valence-corrected chi connectivity index (χ2v) is 8.93. The van der Waals surface area contributed by atoms with E-state index in [1.54, 1.807) is 25.2 Å². The molecule has 162 valence electrons. The fourth-order valence-corrected chi connectivity index (χ4v) is 4.23. The van der Waals surface area contributed by atoms with Gasteiger partial charge in [-0.1, -0.05) is 0 Å². The molecule has 0 aliphatic carbocycles. The average Bonchev–Trinajstić information content (AvgIpc) is 3.05. The van der Waals surface area contributed by atoms with Crippen molar-refractivity contribution in [3.63, 3.8) is 0 Å². The maximum atomic E-state index is 13.5. The van der Waals surface area contributed by atoms with Crippen LogP contribution in [-0.4, -0.2) is 68.7 Å². The Morgan fingerprint density at radius 2 is 2.00 bits per heavy atom. The van der Waals surface area contributed by atoms with Gasteiger partial charge in [0, 0.05) is 33.4 Å². The first-order valence-electron chi connectivity index (χ1n) is 9.75. The molecule has 2 amide bonds. The highest BCUT2D eigenvalue weighted by Gasteiger charge is 2.38. The van der Waals surface area contributed by atoms with Crippen molar-refractivity contribution in [2.75, 3.05) is 32.5 Å². The standard InChI is InChI=1S/C20H22FN7O2S/c1-10(12-5-14(21)7-22-6-12)23-20-25-15(16-17(26-20)24-11(2)31-16)19(30)28-8-13(9-28)18(29)27(3)4/h5-7,10,13H,8-9H2,1-4H3,(H,23,25,26)/t10-/m0/s1. The van der Waals surface area contributed by atoms with Crippen molar-refractivity contribution in [1.29, 1.82) is 0 Å². The quantitative estimate of drug-likeness (QED) is 0.645. The molecule has 0 spiro atoms. The van der Waals surface area contributed by atoms with Crippen LogP contribution >= 0.6 is 11.3 Å². The molecule has 4 rings (SSSR count). The number of halogens is 1. The Morgan fingerprint density at radius 3 is 2.68 bits per heavy atom. The minimum Gasteiger partial charge on any atom is -0.348 e. The first-order valence-corrected chi connectivity index (χ1v) is 10.6. The van der Waals surface area contributed by atoms with Crippen LogP contribution in [0.1, 0.15) is 34.0 Å². The SMILES string of the molecule is Cc1nc2nc(N[C@@H](C)c3cncc(F)c3)nc(C(=O)N3CC(C(=O)N(C)C)C3)c2s1. The van der Waals surface area contributed by atoms with E-state index in [-0.39, 0.29) is 35.4 Å². The maximum absolute atomic E-state index is 13.5. The number of carbonyl (C=O) groups excluding carboxylic acids is 2. The lowest BCUT2D eigenvalue weighted by Gasteiger charge is -2.39. The molecule has 0 bridgehead atoms. The number of thiazole rings is 1. The van der Waals surface area contributed by atoms with Gasteiger partial charge in [-0.2, -0.15) is 4.98 Å². The minimum atomic E-state index is -0.437. The largest absolute Gasteiger partial charge is 0.348 e. The highest BCUT2D eigenvalue weighted by Crippen LogP contribution is 2.29. The van der Waals surface area contributed by atoms with Gasteiger partial charge in [0.2, 0.25) is 11.9 Å². The lowest BCUT2D eigenvalue weighted by molar-refractivity contribution is -0.137. The molecular formula is C20H22FN7O2S. The molecule has 1 saturated heterocycles. The smallest absolute Gasteiger partial charge is 0.274 e. The molecule has 0 radical (unpaired) electrons. The Morgan fingerprint density at radius 1 is 1.26 bits per heavy atom. The summed E-state index contributed by atoms with van der Waals surface area (Å²) in [5.41, 5.74) is 1.30. The molecule has 31 heavy (non-hydrogen) atoms. The van der Waals surface area contributed by atoms with Crippen LogP contribution in [0, 0.1) is 18.7 Å². The number of anilines is 1. The van der Waals surface area contributed by atoms with Crippen LogP contribution in [0.2, 0.25) is 0 Å². The Hall–Kier alpha value is -3.21. The van der Waals surface area contributed by atoms with Gasteiger partial charge in [-0.05, 0) is 25.5 Å². The number of carbonyl (C=O) groups is 2. The molecule has 1 fully saturated rings.